The van der Waals surface area contributed by atoms with E-state index >= 15 is 0 Å². The average molecular weight is 176 g/mol. The summed E-state index contributed by atoms with van der Waals surface area (Å²) in [4.78, 5) is 17.9. The summed E-state index contributed by atoms with van der Waals surface area (Å²) in [5.41, 5.74) is 0.321. The Kier molecular flexibility index (Phi) is 1.73. The van der Waals surface area contributed by atoms with Crippen molar-refractivity contribution in [2.45, 2.75) is 0 Å². The van der Waals surface area contributed by atoms with Crippen molar-refractivity contribution in [3.8, 4) is 5.75 Å². The second kappa shape index (κ2) is 2.90. The number of fused-ring (bicyclic) bond motifs is 1. The molecular formula is C9H8N2O2. The first-order chi connectivity index (χ1) is 6.31. The van der Waals surface area contributed by atoms with Gasteiger partial charge in [0, 0.05) is 11.6 Å². The van der Waals surface area contributed by atoms with Crippen molar-refractivity contribution in [2.75, 3.05) is 7.11 Å². The molecule has 0 saturated carbocycles. The maximum atomic E-state index is 11.2. The molecule has 2 heterocycles. The molecule has 0 aromatic carbocycles. The van der Waals surface area contributed by atoms with Crippen molar-refractivity contribution in [2.24, 2.45) is 0 Å². The summed E-state index contributed by atoms with van der Waals surface area (Å²) in [7, 11) is 1.47. The number of rotatable bonds is 1. The number of hydrogen-bond acceptors (Lipinski definition) is 3. The lowest BCUT2D eigenvalue weighted by Gasteiger charge is -1.99. The Morgan fingerprint density at radius 1 is 1.54 bits per heavy atom. The Hall–Kier alpha value is -1.84. The summed E-state index contributed by atoms with van der Waals surface area (Å²) in [5.74, 6) is 0.306. The zero-order chi connectivity index (χ0) is 9.26. The van der Waals surface area contributed by atoms with E-state index in [1.54, 1.807) is 18.3 Å². The van der Waals surface area contributed by atoms with Crippen molar-refractivity contribution in [3.05, 3.63) is 34.7 Å². The molecule has 0 saturated heterocycles. The van der Waals surface area contributed by atoms with Crippen LogP contribution in [0.2, 0.25) is 0 Å². The van der Waals surface area contributed by atoms with Crippen molar-refractivity contribution < 1.29 is 4.74 Å². The predicted molar refractivity (Wildman–Crippen MR) is 48.9 cm³/mol. The Morgan fingerprint density at radius 3 is 3.15 bits per heavy atom. The molecular weight excluding hydrogens is 168 g/mol. The van der Waals surface area contributed by atoms with Crippen LogP contribution in [0.25, 0.3) is 11.0 Å². The second-order valence-electron chi connectivity index (χ2n) is 2.61. The minimum atomic E-state index is -0.256. The second-order valence-corrected chi connectivity index (χ2v) is 2.61. The molecule has 0 unspecified atom stereocenters. The van der Waals surface area contributed by atoms with Gasteiger partial charge in [-0.3, -0.25) is 4.79 Å². The van der Waals surface area contributed by atoms with Crippen LogP contribution < -0.4 is 10.3 Å². The average Bonchev–Trinajstić information content (AvgIpc) is 2.17. The molecule has 0 atom stereocenters. The molecule has 0 bridgehead atoms. The molecule has 0 aliphatic heterocycles. The molecule has 0 fully saturated rings. The number of hydrogen-bond donors (Lipinski definition) is 1. The van der Waals surface area contributed by atoms with Crippen molar-refractivity contribution in [1.82, 2.24) is 9.97 Å². The standard InChI is InChI=1S/C9H8N2O2/c1-13-7-5-6-3-2-4-10-8(6)11-9(7)12/h2-5H,1H3,(H,10,11,12). The molecule has 0 aliphatic carbocycles. The third-order valence-corrected chi connectivity index (χ3v) is 1.80. The number of nitrogens with zero attached hydrogens (tertiary/aromatic N) is 1. The van der Waals surface area contributed by atoms with Gasteiger partial charge in [0.1, 0.15) is 5.65 Å². The van der Waals surface area contributed by atoms with Gasteiger partial charge in [-0.15, -0.1) is 0 Å². The van der Waals surface area contributed by atoms with E-state index in [1.807, 2.05) is 6.07 Å². The Morgan fingerprint density at radius 2 is 2.38 bits per heavy atom. The third-order valence-electron chi connectivity index (χ3n) is 1.80. The molecule has 1 N–H and O–H groups in total. The van der Waals surface area contributed by atoms with Crippen LogP contribution in [0, 0.1) is 0 Å². The van der Waals surface area contributed by atoms with Crippen LogP contribution in [-0.4, -0.2) is 17.1 Å². The van der Waals surface area contributed by atoms with Crippen molar-refractivity contribution >= 4 is 11.0 Å². The van der Waals surface area contributed by atoms with Crippen molar-refractivity contribution in [1.29, 1.82) is 0 Å². The number of aromatic nitrogens is 2. The maximum Gasteiger partial charge on any atom is 0.291 e. The minimum absolute atomic E-state index is 0.256. The van der Waals surface area contributed by atoms with Crippen LogP contribution >= 0.6 is 0 Å². The fourth-order valence-electron chi connectivity index (χ4n) is 1.17. The highest BCUT2D eigenvalue weighted by atomic mass is 16.5. The van der Waals surface area contributed by atoms with Gasteiger partial charge in [-0.2, -0.15) is 0 Å². The van der Waals surface area contributed by atoms with E-state index in [4.69, 9.17) is 4.74 Å². The number of pyridine rings is 2. The van der Waals surface area contributed by atoms with E-state index in [1.165, 1.54) is 7.11 Å². The molecule has 13 heavy (non-hydrogen) atoms. The zero-order valence-electron chi connectivity index (χ0n) is 7.07. The van der Waals surface area contributed by atoms with Crippen molar-refractivity contribution in [3.63, 3.8) is 0 Å². The lowest BCUT2D eigenvalue weighted by atomic mass is 10.3. The fourth-order valence-corrected chi connectivity index (χ4v) is 1.17. The Balaban J connectivity index is 2.81. The normalized spacial score (nSPS) is 10.2. The number of methoxy groups -OCH3 is 1. The highest BCUT2D eigenvalue weighted by Gasteiger charge is 2.01. The lowest BCUT2D eigenvalue weighted by molar-refractivity contribution is 0.409. The summed E-state index contributed by atoms with van der Waals surface area (Å²) in [5, 5.41) is 0.860. The van der Waals surface area contributed by atoms with Crippen LogP contribution in [0.4, 0.5) is 0 Å². The first-order valence-corrected chi connectivity index (χ1v) is 3.83. The molecule has 0 radical (unpaired) electrons. The van der Waals surface area contributed by atoms with Crippen LogP contribution in [0.5, 0.6) is 5.75 Å². The van der Waals surface area contributed by atoms with E-state index in [-0.39, 0.29) is 5.56 Å². The van der Waals surface area contributed by atoms with E-state index in [2.05, 4.69) is 9.97 Å². The van der Waals surface area contributed by atoms with Crippen LogP contribution in [-0.2, 0) is 0 Å². The van der Waals surface area contributed by atoms with E-state index in [9.17, 15) is 4.79 Å². The highest BCUT2D eigenvalue weighted by molar-refractivity contribution is 5.75. The molecule has 4 nitrogen and oxygen atoms in total. The van der Waals surface area contributed by atoms with Gasteiger partial charge < -0.3 is 9.72 Å². The molecule has 2 aromatic rings. The number of nitrogens with one attached hydrogen (secondary N) is 1. The summed E-state index contributed by atoms with van der Waals surface area (Å²) in [6.07, 6.45) is 1.63. The topological polar surface area (TPSA) is 55.0 Å². The van der Waals surface area contributed by atoms with E-state index in [0.29, 0.717) is 11.4 Å². The number of ether oxygens (including phenoxy) is 1. The lowest BCUT2D eigenvalue weighted by Crippen LogP contribution is -2.09. The quantitative estimate of drug-likeness (QED) is 0.703. The van der Waals surface area contributed by atoms with Crippen LogP contribution in [0.15, 0.2) is 29.2 Å². The monoisotopic (exact) mass is 176 g/mol. The van der Waals surface area contributed by atoms with Gasteiger partial charge in [0.25, 0.3) is 5.56 Å². The molecule has 0 spiro atoms. The number of H-pyrrole nitrogens is 1. The summed E-state index contributed by atoms with van der Waals surface area (Å²) >= 11 is 0. The summed E-state index contributed by atoms with van der Waals surface area (Å²) in [6.45, 7) is 0. The molecule has 0 aliphatic rings. The van der Waals surface area contributed by atoms with Gasteiger partial charge in [0.2, 0.25) is 0 Å². The smallest absolute Gasteiger partial charge is 0.291 e. The SMILES string of the molecule is COc1cc2cccnc2[nH]c1=O. The third kappa shape index (κ3) is 1.26. The van der Waals surface area contributed by atoms with Crippen LogP contribution in [0.3, 0.4) is 0 Å². The largest absolute Gasteiger partial charge is 0.491 e. The molecule has 2 aromatic heterocycles. The van der Waals surface area contributed by atoms with Gasteiger partial charge in [-0.05, 0) is 18.2 Å². The predicted octanol–water partition coefficient (Wildman–Crippen LogP) is 0.932. The maximum absolute atomic E-state index is 11.2. The summed E-state index contributed by atoms with van der Waals surface area (Å²) < 4.78 is 4.88. The molecule has 66 valence electrons. The molecule has 2 rings (SSSR count). The van der Waals surface area contributed by atoms with Gasteiger partial charge in [0.15, 0.2) is 5.75 Å². The van der Waals surface area contributed by atoms with Crippen LogP contribution in [0.1, 0.15) is 0 Å². The Bertz CT molecular complexity index is 490. The first-order valence-electron chi connectivity index (χ1n) is 3.83. The fraction of sp³-hybridized carbons (Fsp3) is 0.111. The molecule has 4 heteroatoms. The van der Waals surface area contributed by atoms with E-state index < -0.39 is 0 Å². The van der Waals surface area contributed by atoms with E-state index in [0.717, 1.165) is 5.39 Å². The van der Waals surface area contributed by atoms with Gasteiger partial charge in [-0.25, -0.2) is 4.98 Å². The molecule has 0 amide bonds. The first kappa shape index (κ1) is 7.79. The van der Waals surface area contributed by atoms with Gasteiger partial charge >= 0.3 is 0 Å². The minimum Gasteiger partial charge on any atom is -0.491 e. The zero-order valence-corrected chi connectivity index (χ0v) is 7.07. The highest BCUT2D eigenvalue weighted by Crippen LogP contribution is 2.11. The number of aromatic amines is 1. The van der Waals surface area contributed by atoms with Gasteiger partial charge in [0.05, 0.1) is 7.11 Å². The van der Waals surface area contributed by atoms with Gasteiger partial charge in [-0.1, -0.05) is 0 Å². The Labute approximate surface area is 74.2 Å². The summed E-state index contributed by atoms with van der Waals surface area (Å²) in [6, 6.07) is 5.34.